The molecular formula is C32H24BrN3O2. The first-order chi connectivity index (χ1) is 18.5. The number of H-pyrrole nitrogens is 1. The Labute approximate surface area is 228 Å². The van der Waals surface area contributed by atoms with E-state index in [1.54, 1.807) is 0 Å². The summed E-state index contributed by atoms with van der Waals surface area (Å²) < 4.78 is 0.909. The van der Waals surface area contributed by atoms with E-state index in [4.69, 9.17) is 5.10 Å². The second kappa shape index (κ2) is 9.88. The molecule has 1 unspecified atom stereocenters. The van der Waals surface area contributed by atoms with Crippen LogP contribution in [0.3, 0.4) is 0 Å². The molecular weight excluding hydrogens is 538 g/mol. The minimum absolute atomic E-state index is 0.199. The third-order valence-electron chi connectivity index (χ3n) is 6.93. The predicted molar refractivity (Wildman–Crippen MR) is 155 cm³/mol. The Kier molecular flexibility index (Phi) is 6.26. The Hall–Kier alpha value is -4.29. The summed E-state index contributed by atoms with van der Waals surface area (Å²) in [5.74, 6) is -0.199. The van der Waals surface area contributed by atoms with Gasteiger partial charge in [-0.3, -0.25) is 9.59 Å². The number of pyridine rings is 1. The van der Waals surface area contributed by atoms with Crippen LogP contribution in [0, 0.1) is 6.92 Å². The van der Waals surface area contributed by atoms with Gasteiger partial charge in [-0.2, -0.15) is 5.10 Å². The van der Waals surface area contributed by atoms with E-state index >= 15 is 0 Å². The van der Waals surface area contributed by atoms with Crippen LogP contribution in [0.5, 0.6) is 0 Å². The second-order valence-electron chi connectivity index (χ2n) is 9.45. The van der Waals surface area contributed by atoms with Crippen molar-refractivity contribution in [2.75, 3.05) is 0 Å². The van der Waals surface area contributed by atoms with E-state index in [1.165, 1.54) is 5.01 Å². The molecule has 1 atom stereocenters. The number of hydrogen-bond donors (Lipinski definition) is 1. The number of rotatable bonds is 4. The fourth-order valence-electron chi connectivity index (χ4n) is 5.06. The second-order valence-corrected chi connectivity index (χ2v) is 10.4. The monoisotopic (exact) mass is 561 g/mol. The minimum atomic E-state index is -0.332. The molecule has 5 nitrogen and oxygen atoms in total. The number of aromatic amines is 1. The third-order valence-corrected chi connectivity index (χ3v) is 7.42. The maximum Gasteiger partial charge on any atom is 0.274 e. The molecule has 1 aliphatic rings. The Morgan fingerprint density at radius 1 is 0.895 bits per heavy atom. The molecule has 1 aliphatic heterocycles. The Morgan fingerprint density at radius 2 is 1.58 bits per heavy atom. The molecule has 6 rings (SSSR count). The summed E-state index contributed by atoms with van der Waals surface area (Å²) >= 11 is 3.59. The summed E-state index contributed by atoms with van der Waals surface area (Å²) in [6.07, 6.45) is 0.421. The van der Waals surface area contributed by atoms with Gasteiger partial charge in [0.15, 0.2) is 0 Å². The molecule has 2 heterocycles. The zero-order valence-electron chi connectivity index (χ0n) is 20.7. The first-order valence-corrected chi connectivity index (χ1v) is 13.2. The number of nitrogens with zero attached hydrogens (tertiary/aromatic N) is 2. The third kappa shape index (κ3) is 4.37. The van der Waals surface area contributed by atoms with E-state index in [0.29, 0.717) is 23.3 Å². The normalized spacial score (nSPS) is 15.1. The van der Waals surface area contributed by atoms with Gasteiger partial charge in [-0.1, -0.05) is 94.3 Å². The number of carbonyl (C=O) groups is 1. The van der Waals surface area contributed by atoms with Gasteiger partial charge in [0, 0.05) is 32.9 Å². The molecule has 6 heteroatoms. The van der Waals surface area contributed by atoms with Crippen molar-refractivity contribution in [1.82, 2.24) is 9.99 Å². The van der Waals surface area contributed by atoms with Crippen LogP contribution in [0.1, 0.15) is 39.5 Å². The number of hydrazone groups is 1. The highest BCUT2D eigenvalue weighted by Gasteiger charge is 2.35. The maximum absolute atomic E-state index is 13.7. The lowest BCUT2D eigenvalue weighted by molar-refractivity contribution is 0.0711. The van der Waals surface area contributed by atoms with Gasteiger partial charge in [0.1, 0.15) is 0 Å². The smallest absolute Gasteiger partial charge is 0.274 e. The van der Waals surface area contributed by atoms with Crippen LogP contribution in [0.4, 0.5) is 0 Å². The Morgan fingerprint density at radius 3 is 2.29 bits per heavy atom. The molecule has 0 saturated heterocycles. The number of benzene rings is 4. The molecule has 1 amide bonds. The van der Waals surface area contributed by atoms with Crippen molar-refractivity contribution in [1.29, 1.82) is 0 Å². The van der Waals surface area contributed by atoms with Crippen molar-refractivity contribution in [2.24, 2.45) is 5.10 Å². The summed E-state index contributed by atoms with van der Waals surface area (Å²) in [4.78, 5) is 30.5. The summed E-state index contributed by atoms with van der Waals surface area (Å²) in [5.41, 5.74) is 5.91. The van der Waals surface area contributed by atoms with Gasteiger partial charge in [-0.15, -0.1) is 0 Å². The lowest BCUT2D eigenvalue weighted by Gasteiger charge is -2.22. The minimum Gasteiger partial charge on any atom is -0.321 e. The van der Waals surface area contributed by atoms with Crippen molar-refractivity contribution in [3.05, 3.63) is 140 Å². The van der Waals surface area contributed by atoms with Crippen molar-refractivity contribution in [2.45, 2.75) is 19.4 Å². The topological polar surface area (TPSA) is 65.5 Å². The number of carbonyl (C=O) groups excluding carboxylic acids is 1. The number of fused-ring (bicyclic) bond motifs is 1. The average molecular weight is 562 g/mol. The highest BCUT2D eigenvalue weighted by Crippen LogP contribution is 2.38. The first-order valence-electron chi connectivity index (χ1n) is 12.4. The van der Waals surface area contributed by atoms with E-state index in [1.807, 2.05) is 110 Å². The lowest BCUT2D eigenvalue weighted by Crippen LogP contribution is -2.27. The van der Waals surface area contributed by atoms with Gasteiger partial charge in [0.25, 0.3) is 11.5 Å². The molecule has 0 radical (unpaired) electrons. The zero-order valence-corrected chi connectivity index (χ0v) is 22.3. The molecule has 0 spiro atoms. The van der Waals surface area contributed by atoms with Crippen LogP contribution >= 0.6 is 15.9 Å². The number of aryl methyl sites for hydroxylation is 1. The highest BCUT2D eigenvalue weighted by atomic mass is 79.9. The number of halogens is 1. The largest absolute Gasteiger partial charge is 0.321 e. The van der Waals surface area contributed by atoms with Crippen LogP contribution < -0.4 is 5.56 Å². The van der Waals surface area contributed by atoms with Crippen LogP contribution in [0.25, 0.3) is 22.0 Å². The molecule has 4 aromatic carbocycles. The predicted octanol–water partition coefficient (Wildman–Crippen LogP) is 7.26. The van der Waals surface area contributed by atoms with Gasteiger partial charge < -0.3 is 4.98 Å². The summed E-state index contributed by atoms with van der Waals surface area (Å²) in [6.45, 7) is 1.99. The van der Waals surface area contributed by atoms with Crippen LogP contribution in [-0.2, 0) is 0 Å². The number of nitrogens with one attached hydrogen (secondary N) is 1. The summed E-state index contributed by atoms with van der Waals surface area (Å²) in [6, 6.07) is 32.7. The number of aromatic nitrogens is 1. The molecule has 0 bridgehead atoms. The van der Waals surface area contributed by atoms with E-state index in [0.717, 1.165) is 37.6 Å². The van der Waals surface area contributed by atoms with E-state index < -0.39 is 0 Å². The fraction of sp³-hybridized carbons (Fsp3) is 0.0938. The fourth-order valence-corrected chi connectivity index (χ4v) is 5.42. The van der Waals surface area contributed by atoms with Crippen molar-refractivity contribution < 1.29 is 4.79 Å². The van der Waals surface area contributed by atoms with Gasteiger partial charge >= 0.3 is 0 Å². The quantitative estimate of drug-likeness (QED) is 0.251. The van der Waals surface area contributed by atoms with E-state index in [-0.39, 0.29) is 17.5 Å². The van der Waals surface area contributed by atoms with Crippen LogP contribution in [-0.4, -0.2) is 21.6 Å². The van der Waals surface area contributed by atoms with Crippen molar-refractivity contribution in [3.8, 4) is 11.1 Å². The molecule has 0 saturated carbocycles. The van der Waals surface area contributed by atoms with Crippen LogP contribution in [0.2, 0.25) is 0 Å². The molecule has 5 aromatic rings. The molecule has 1 aromatic heterocycles. The number of amides is 1. The van der Waals surface area contributed by atoms with E-state index in [9.17, 15) is 9.59 Å². The SMILES string of the molecule is Cc1ccc(C(=O)N2N=C(c3c(-c4ccccc4)c4cc(Br)ccc4[nH]c3=O)CC2c2ccccc2)cc1. The lowest BCUT2D eigenvalue weighted by atomic mass is 9.91. The van der Waals surface area contributed by atoms with Gasteiger partial charge in [0.05, 0.1) is 17.3 Å². The van der Waals surface area contributed by atoms with Crippen LogP contribution in [0.15, 0.2) is 117 Å². The number of hydrogen-bond acceptors (Lipinski definition) is 3. The average Bonchev–Trinajstić information content (AvgIpc) is 3.38. The first kappa shape index (κ1) is 24.1. The maximum atomic E-state index is 13.7. The molecule has 186 valence electrons. The van der Waals surface area contributed by atoms with Gasteiger partial charge in [-0.05, 0) is 48.4 Å². The zero-order chi connectivity index (χ0) is 26.2. The summed E-state index contributed by atoms with van der Waals surface area (Å²) in [5, 5.41) is 7.30. The van der Waals surface area contributed by atoms with Crippen molar-refractivity contribution in [3.63, 3.8) is 0 Å². The van der Waals surface area contributed by atoms with Crippen molar-refractivity contribution >= 4 is 38.5 Å². The molecule has 0 aliphatic carbocycles. The Balaban J connectivity index is 1.57. The molecule has 38 heavy (non-hydrogen) atoms. The molecule has 0 fully saturated rings. The standard InChI is InChI=1S/C32H24BrN3O2/c1-20-12-14-23(15-13-20)32(38)36-28(21-8-4-2-5-9-21)19-27(35-36)30-29(22-10-6-3-7-11-22)25-18-24(33)16-17-26(25)34-31(30)37/h2-18,28H,19H2,1H3,(H,34,37). The van der Waals surface area contributed by atoms with Gasteiger partial charge in [-0.25, -0.2) is 5.01 Å². The van der Waals surface area contributed by atoms with Gasteiger partial charge in [0.2, 0.25) is 0 Å². The highest BCUT2D eigenvalue weighted by molar-refractivity contribution is 9.10. The molecule has 1 N–H and O–H groups in total. The summed E-state index contributed by atoms with van der Waals surface area (Å²) in [7, 11) is 0. The Bertz CT molecular complexity index is 1740. The van der Waals surface area contributed by atoms with E-state index in [2.05, 4.69) is 20.9 Å².